The van der Waals surface area contributed by atoms with Crippen LogP contribution in [0.2, 0.25) is 0 Å². The second kappa shape index (κ2) is 6.85. The second-order valence-electron chi connectivity index (χ2n) is 5.32. The van der Waals surface area contributed by atoms with Crippen molar-refractivity contribution in [1.29, 1.82) is 5.26 Å². The van der Waals surface area contributed by atoms with Gasteiger partial charge in [0, 0.05) is 0 Å². The van der Waals surface area contributed by atoms with Gasteiger partial charge in [-0.2, -0.15) is 5.26 Å². The van der Waals surface area contributed by atoms with Gasteiger partial charge in [0.1, 0.15) is 5.82 Å². The lowest BCUT2D eigenvalue weighted by atomic mass is 10.2. The van der Waals surface area contributed by atoms with Gasteiger partial charge in [-0.3, -0.25) is 9.36 Å². The number of fused-ring (bicyclic) bond motifs is 1. The molecule has 120 valence electrons. The summed E-state index contributed by atoms with van der Waals surface area (Å²) in [5.74, 6) is -0.324. The maximum Gasteiger partial charge on any atom is 0.262 e. The molecule has 0 amide bonds. The smallest absolute Gasteiger partial charge is 0.262 e. The number of thioether (sulfide) groups is 1. The minimum Gasteiger partial charge on any atom is -0.283 e. The monoisotopic (exact) mass is 339 g/mol. The average Bonchev–Trinajstić information content (AvgIpc) is 2.60. The normalized spacial score (nSPS) is 12.0. The molecule has 0 saturated carbocycles. The zero-order valence-electron chi connectivity index (χ0n) is 12.9. The van der Waals surface area contributed by atoms with Crippen LogP contribution in [0.15, 0.2) is 58.5 Å². The molecule has 0 aliphatic heterocycles. The zero-order chi connectivity index (χ0) is 17.1. The van der Waals surface area contributed by atoms with Gasteiger partial charge < -0.3 is 0 Å². The van der Waals surface area contributed by atoms with Crippen LogP contribution in [0.1, 0.15) is 12.5 Å². The third-order valence-electron chi connectivity index (χ3n) is 3.54. The number of para-hydroxylation sites is 1. The fourth-order valence-corrected chi connectivity index (χ4v) is 3.13. The third-order valence-corrected chi connectivity index (χ3v) is 4.53. The first kappa shape index (κ1) is 16.2. The van der Waals surface area contributed by atoms with Crippen LogP contribution in [0.5, 0.6) is 0 Å². The first-order chi connectivity index (χ1) is 11.6. The van der Waals surface area contributed by atoms with Gasteiger partial charge in [0.2, 0.25) is 0 Å². The zero-order valence-corrected chi connectivity index (χ0v) is 13.8. The van der Waals surface area contributed by atoms with Crippen LogP contribution in [0.25, 0.3) is 10.9 Å². The summed E-state index contributed by atoms with van der Waals surface area (Å²) in [5.41, 5.74) is 1.23. The molecule has 0 fully saturated rings. The van der Waals surface area contributed by atoms with Crippen LogP contribution < -0.4 is 5.56 Å². The quantitative estimate of drug-likeness (QED) is 0.538. The lowest BCUT2D eigenvalue weighted by Crippen LogP contribution is -2.24. The summed E-state index contributed by atoms with van der Waals surface area (Å²) in [7, 11) is 0. The minimum atomic E-state index is -0.336. The second-order valence-corrected chi connectivity index (χ2v) is 6.63. The van der Waals surface area contributed by atoms with Crippen molar-refractivity contribution < 1.29 is 4.39 Å². The van der Waals surface area contributed by atoms with Gasteiger partial charge in [-0.1, -0.05) is 36.0 Å². The van der Waals surface area contributed by atoms with Crippen molar-refractivity contribution in [2.45, 2.75) is 23.9 Å². The highest BCUT2D eigenvalue weighted by Gasteiger charge is 2.14. The molecule has 0 radical (unpaired) electrons. The molecule has 1 aromatic heterocycles. The largest absolute Gasteiger partial charge is 0.283 e. The van der Waals surface area contributed by atoms with E-state index in [1.165, 1.54) is 28.5 Å². The predicted molar refractivity (Wildman–Crippen MR) is 92.4 cm³/mol. The SMILES string of the molecule is C[C@H](C#N)Sc1nc2ccccc2c(=O)n1Cc1ccc(F)cc1. The highest BCUT2D eigenvalue weighted by atomic mass is 32.2. The van der Waals surface area contributed by atoms with Gasteiger partial charge in [0.25, 0.3) is 5.56 Å². The molecule has 3 rings (SSSR count). The number of benzene rings is 2. The van der Waals surface area contributed by atoms with E-state index in [0.29, 0.717) is 16.1 Å². The first-order valence-electron chi connectivity index (χ1n) is 7.39. The Kier molecular flexibility index (Phi) is 4.63. The van der Waals surface area contributed by atoms with Crippen molar-refractivity contribution in [3.05, 3.63) is 70.3 Å². The summed E-state index contributed by atoms with van der Waals surface area (Å²) >= 11 is 1.24. The number of hydrogen-bond acceptors (Lipinski definition) is 4. The van der Waals surface area contributed by atoms with E-state index in [0.717, 1.165) is 5.56 Å². The average molecular weight is 339 g/mol. The molecular weight excluding hydrogens is 325 g/mol. The molecule has 0 spiro atoms. The molecule has 1 heterocycles. The van der Waals surface area contributed by atoms with E-state index in [1.807, 2.05) is 6.07 Å². The van der Waals surface area contributed by atoms with Gasteiger partial charge in [0.15, 0.2) is 5.16 Å². The molecular formula is C18H14FN3OS. The van der Waals surface area contributed by atoms with Crippen molar-refractivity contribution in [1.82, 2.24) is 9.55 Å². The molecule has 3 aromatic rings. The van der Waals surface area contributed by atoms with Gasteiger partial charge >= 0.3 is 0 Å². The Morgan fingerprint density at radius 3 is 2.67 bits per heavy atom. The van der Waals surface area contributed by atoms with Gasteiger partial charge in [-0.05, 0) is 36.8 Å². The molecule has 4 nitrogen and oxygen atoms in total. The molecule has 1 atom stereocenters. The Bertz CT molecular complexity index is 976. The summed E-state index contributed by atoms with van der Waals surface area (Å²) in [6.45, 7) is 2.03. The maximum absolute atomic E-state index is 13.1. The molecule has 0 saturated heterocycles. The number of nitriles is 1. The van der Waals surface area contributed by atoms with Crippen LogP contribution >= 0.6 is 11.8 Å². The Morgan fingerprint density at radius 2 is 1.96 bits per heavy atom. The summed E-state index contributed by atoms with van der Waals surface area (Å²) < 4.78 is 14.6. The Labute approximate surface area is 142 Å². The number of rotatable bonds is 4. The molecule has 0 bridgehead atoms. The molecule has 0 N–H and O–H groups in total. The predicted octanol–water partition coefficient (Wildman–Crippen LogP) is 3.59. The van der Waals surface area contributed by atoms with E-state index < -0.39 is 0 Å². The van der Waals surface area contributed by atoms with Crippen LogP contribution in [-0.4, -0.2) is 14.8 Å². The van der Waals surface area contributed by atoms with Crippen LogP contribution in [-0.2, 0) is 6.54 Å². The lowest BCUT2D eigenvalue weighted by Gasteiger charge is -2.14. The van der Waals surface area contributed by atoms with Gasteiger partial charge in [-0.15, -0.1) is 0 Å². The summed E-state index contributed by atoms with van der Waals surface area (Å²) in [6.07, 6.45) is 0. The van der Waals surface area contributed by atoms with E-state index in [-0.39, 0.29) is 23.2 Å². The third kappa shape index (κ3) is 3.31. The fourth-order valence-electron chi connectivity index (χ4n) is 2.33. The van der Waals surface area contributed by atoms with E-state index in [4.69, 9.17) is 5.26 Å². The highest BCUT2D eigenvalue weighted by molar-refractivity contribution is 8.00. The molecule has 2 aromatic carbocycles. The summed E-state index contributed by atoms with van der Waals surface area (Å²) in [6, 6.07) is 15.3. The van der Waals surface area contributed by atoms with E-state index >= 15 is 0 Å². The topological polar surface area (TPSA) is 58.7 Å². The van der Waals surface area contributed by atoms with E-state index in [2.05, 4.69) is 11.1 Å². The van der Waals surface area contributed by atoms with Crippen LogP contribution in [0.4, 0.5) is 4.39 Å². The standard InChI is InChI=1S/C18H14FN3OS/c1-12(10-20)24-18-21-16-5-3-2-4-15(16)17(23)22(18)11-13-6-8-14(19)9-7-13/h2-9,12H,11H2,1H3/t12-/m1/s1. The van der Waals surface area contributed by atoms with E-state index in [9.17, 15) is 9.18 Å². The Balaban J connectivity index is 2.13. The van der Waals surface area contributed by atoms with Crippen LogP contribution in [0.3, 0.4) is 0 Å². The number of aromatic nitrogens is 2. The van der Waals surface area contributed by atoms with Gasteiger partial charge in [0.05, 0.1) is 28.8 Å². The van der Waals surface area contributed by atoms with E-state index in [1.54, 1.807) is 37.3 Å². The summed E-state index contributed by atoms with van der Waals surface area (Å²) in [5, 5.41) is 9.73. The van der Waals surface area contributed by atoms with Crippen LogP contribution in [0, 0.1) is 17.1 Å². The van der Waals surface area contributed by atoms with Crippen molar-refractivity contribution in [3.63, 3.8) is 0 Å². The molecule has 6 heteroatoms. The molecule has 24 heavy (non-hydrogen) atoms. The Morgan fingerprint density at radius 1 is 1.25 bits per heavy atom. The van der Waals surface area contributed by atoms with Gasteiger partial charge in [-0.25, -0.2) is 9.37 Å². The molecule has 0 aliphatic rings. The number of halogens is 1. The van der Waals surface area contributed by atoms with Crippen molar-refractivity contribution in [3.8, 4) is 6.07 Å². The molecule has 0 aliphatic carbocycles. The van der Waals surface area contributed by atoms with Crippen molar-refractivity contribution in [2.24, 2.45) is 0 Å². The fraction of sp³-hybridized carbons (Fsp3) is 0.167. The highest BCUT2D eigenvalue weighted by Crippen LogP contribution is 2.22. The Hall–Kier alpha value is -2.65. The number of nitrogens with zero attached hydrogens (tertiary/aromatic N) is 3. The number of hydrogen-bond donors (Lipinski definition) is 0. The maximum atomic E-state index is 13.1. The first-order valence-corrected chi connectivity index (χ1v) is 8.27. The summed E-state index contributed by atoms with van der Waals surface area (Å²) in [4.78, 5) is 17.4. The van der Waals surface area contributed by atoms with Crippen molar-refractivity contribution >= 4 is 22.7 Å². The lowest BCUT2D eigenvalue weighted by molar-refractivity contribution is 0.622. The molecule has 0 unspecified atom stereocenters. The van der Waals surface area contributed by atoms with Crippen molar-refractivity contribution in [2.75, 3.05) is 0 Å². The minimum absolute atomic E-state index is 0.169.